The van der Waals surface area contributed by atoms with Gasteiger partial charge in [-0.25, -0.2) is 0 Å². The summed E-state index contributed by atoms with van der Waals surface area (Å²) in [4.78, 5) is 27.2. The second-order valence-corrected chi connectivity index (χ2v) is 7.61. The molecule has 1 heterocycles. The predicted molar refractivity (Wildman–Crippen MR) is 89.7 cm³/mol. The highest BCUT2D eigenvalue weighted by Crippen LogP contribution is 2.42. The van der Waals surface area contributed by atoms with E-state index in [9.17, 15) is 9.59 Å². The Hall–Kier alpha value is -1.10. The quantitative estimate of drug-likeness (QED) is 0.846. The summed E-state index contributed by atoms with van der Waals surface area (Å²) in [5.74, 6) is 0.935. The molecule has 1 atom stereocenters. The second kappa shape index (κ2) is 7.65. The Kier molecular flexibility index (Phi) is 6.06. The number of amides is 2. The molecular formula is C18H32N2O3. The average molecular weight is 324 g/mol. The maximum atomic E-state index is 12.9. The summed E-state index contributed by atoms with van der Waals surface area (Å²) in [5.41, 5.74) is -0.549. The largest absolute Gasteiger partial charge is 0.354 e. The lowest BCUT2D eigenvalue weighted by Gasteiger charge is -2.43. The minimum atomic E-state index is -0.549. The van der Waals surface area contributed by atoms with Gasteiger partial charge in [0.1, 0.15) is 11.8 Å². The molecule has 2 fully saturated rings. The average Bonchev–Trinajstić information content (AvgIpc) is 2.87. The van der Waals surface area contributed by atoms with E-state index >= 15 is 0 Å². The predicted octanol–water partition coefficient (Wildman–Crippen LogP) is 2.69. The van der Waals surface area contributed by atoms with Crippen LogP contribution in [0.4, 0.5) is 0 Å². The molecule has 1 aliphatic heterocycles. The van der Waals surface area contributed by atoms with E-state index in [-0.39, 0.29) is 17.7 Å². The lowest BCUT2D eigenvalue weighted by atomic mass is 9.83. The first kappa shape index (κ1) is 18.2. The fourth-order valence-corrected chi connectivity index (χ4v) is 3.67. The van der Waals surface area contributed by atoms with Crippen LogP contribution in [0.15, 0.2) is 0 Å². The van der Waals surface area contributed by atoms with Crippen LogP contribution in [0.3, 0.4) is 0 Å². The molecule has 1 saturated carbocycles. The third kappa shape index (κ3) is 4.06. The molecule has 1 N–H and O–H groups in total. The number of carbonyl (C=O) groups is 2. The number of ether oxygens (including phenoxy) is 1. The Morgan fingerprint density at radius 2 is 1.96 bits per heavy atom. The maximum Gasteiger partial charge on any atom is 0.245 e. The summed E-state index contributed by atoms with van der Waals surface area (Å²) in [6, 6.07) is -0.471. The summed E-state index contributed by atoms with van der Waals surface area (Å²) in [5, 5.41) is 2.93. The summed E-state index contributed by atoms with van der Waals surface area (Å²) >= 11 is 0. The van der Waals surface area contributed by atoms with Gasteiger partial charge in [0.15, 0.2) is 0 Å². The molecule has 1 spiro atoms. The van der Waals surface area contributed by atoms with Crippen molar-refractivity contribution < 1.29 is 14.3 Å². The van der Waals surface area contributed by atoms with Gasteiger partial charge in [-0.15, -0.1) is 0 Å². The van der Waals surface area contributed by atoms with E-state index in [0.29, 0.717) is 25.5 Å². The number of rotatable bonds is 5. The monoisotopic (exact) mass is 324 g/mol. The summed E-state index contributed by atoms with van der Waals surface area (Å²) in [7, 11) is 0. The summed E-state index contributed by atoms with van der Waals surface area (Å²) in [6.07, 6.45) is 5.15. The molecule has 0 unspecified atom stereocenters. The molecule has 2 rings (SSSR count). The van der Waals surface area contributed by atoms with Crippen molar-refractivity contribution in [2.75, 3.05) is 13.2 Å². The van der Waals surface area contributed by atoms with E-state index in [4.69, 9.17) is 4.74 Å². The molecule has 0 aromatic heterocycles. The van der Waals surface area contributed by atoms with Gasteiger partial charge < -0.3 is 10.1 Å². The smallest absolute Gasteiger partial charge is 0.245 e. The molecule has 1 aliphatic carbocycles. The normalized spacial score (nSPS) is 30.9. The Bertz CT molecular complexity index is 428. The molecule has 5 heteroatoms. The minimum Gasteiger partial charge on any atom is -0.354 e. The van der Waals surface area contributed by atoms with Gasteiger partial charge in [-0.1, -0.05) is 27.7 Å². The van der Waals surface area contributed by atoms with Crippen molar-refractivity contribution in [1.29, 1.82) is 0 Å². The highest BCUT2D eigenvalue weighted by atomic mass is 16.5. The van der Waals surface area contributed by atoms with Gasteiger partial charge in [0.25, 0.3) is 0 Å². The lowest BCUT2D eigenvalue weighted by Crippen LogP contribution is -2.57. The van der Waals surface area contributed by atoms with Crippen LogP contribution < -0.4 is 5.32 Å². The van der Waals surface area contributed by atoms with Crippen LogP contribution in [0, 0.1) is 11.8 Å². The molecule has 132 valence electrons. The molecule has 1 saturated heterocycles. The van der Waals surface area contributed by atoms with Gasteiger partial charge in [-0.3, -0.25) is 14.5 Å². The van der Waals surface area contributed by atoms with E-state index in [1.165, 1.54) is 0 Å². The maximum absolute atomic E-state index is 12.9. The van der Waals surface area contributed by atoms with Crippen molar-refractivity contribution in [3.63, 3.8) is 0 Å². The SMILES string of the molecule is CCCNC(=O)[C@H]1COC2(CCC(C)CC2)N1C(=O)CC(C)C. The summed E-state index contributed by atoms with van der Waals surface area (Å²) < 4.78 is 6.10. The zero-order valence-electron chi connectivity index (χ0n) is 15.1. The first-order valence-electron chi connectivity index (χ1n) is 9.13. The molecule has 5 nitrogen and oxygen atoms in total. The van der Waals surface area contributed by atoms with Gasteiger partial charge in [-0.05, 0) is 43.9 Å². The number of nitrogens with zero attached hydrogens (tertiary/aromatic N) is 1. The third-order valence-electron chi connectivity index (χ3n) is 5.02. The van der Waals surface area contributed by atoms with Gasteiger partial charge in [0.2, 0.25) is 11.8 Å². The minimum absolute atomic E-state index is 0.0590. The molecule has 2 aliphatic rings. The van der Waals surface area contributed by atoms with Gasteiger partial charge in [-0.2, -0.15) is 0 Å². The number of carbonyl (C=O) groups excluding carboxylic acids is 2. The van der Waals surface area contributed by atoms with E-state index < -0.39 is 11.8 Å². The topological polar surface area (TPSA) is 58.6 Å². The van der Waals surface area contributed by atoms with Crippen molar-refractivity contribution >= 4 is 11.8 Å². The van der Waals surface area contributed by atoms with E-state index in [1.54, 1.807) is 4.90 Å². The van der Waals surface area contributed by atoms with Crippen molar-refractivity contribution in [1.82, 2.24) is 10.2 Å². The Balaban J connectivity index is 2.19. The Morgan fingerprint density at radius 1 is 1.30 bits per heavy atom. The van der Waals surface area contributed by atoms with Crippen LogP contribution in [0.5, 0.6) is 0 Å². The van der Waals surface area contributed by atoms with Crippen molar-refractivity contribution in [2.45, 2.75) is 78.0 Å². The standard InChI is InChI=1S/C18H32N2O3/c1-5-10-19-17(22)15-12-23-18(8-6-14(4)7-9-18)20(15)16(21)11-13(2)3/h13-15H,5-12H2,1-4H3,(H,19,22)/t14?,15-,18?/m1/s1. The zero-order valence-corrected chi connectivity index (χ0v) is 15.1. The number of hydrogen-bond acceptors (Lipinski definition) is 3. The van der Waals surface area contributed by atoms with Gasteiger partial charge in [0, 0.05) is 13.0 Å². The fourth-order valence-electron chi connectivity index (χ4n) is 3.67. The molecule has 0 bridgehead atoms. The van der Waals surface area contributed by atoms with Crippen LogP contribution >= 0.6 is 0 Å². The Morgan fingerprint density at radius 3 is 2.52 bits per heavy atom. The van der Waals surface area contributed by atoms with Gasteiger partial charge >= 0.3 is 0 Å². The second-order valence-electron chi connectivity index (χ2n) is 7.61. The van der Waals surface area contributed by atoms with E-state index in [2.05, 4.69) is 12.2 Å². The molecule has 0 aromatic carbocycles. The molecule has 0 aromatic rings. The van der Waals surface area contributed by atoms with Crippen LogP contribution in [-0.4, -0.2) is 41.6 Å². The first-order valence-corrected chi connectivity index (χ1v) is 9.13. The van der Waals surface area contributed by atoms with E-state index in [0.717, 1.165) is 32.1 Å². The Labute approximate surface area is 140 Å². The highest BCUT2D eigenvalue weighted by Gasteiger charge is 2.53. The fraction of sp³-hybridized carbons (Fsp3) is 0.889. The summed E-state index contributed by atoms with van der Waals surface area (Å²) in [6.45, 7) is 9.32. The van der Waals surface area contributed by atoms with Gasteiger partial charge in [0.05, 0.1) is 6.61 Å². The van der Waals surface area contributed by atoms with Crippen molar-refractivity contribution in [3.05, 3.63) is 0 Å². The number of hydrogen-bond donors (Lipinski definition) is 1. The van der Waals surface area contributed by atoms with Crippen molar-refractivity contribution in [3.8, 4) is 0 Å². The van der Waals surface area contributed by atoms with E-state index in [1.807, 2.05) is 20.8 Å². The molecular weight excluding hydrogens is 292 g/mol. The highest BCUT2D eigenvalue weighted by molar-refractivity contribution is 5.88. The van der Waals surface area contributed by atoms with Crippen LogP contribution in [0.2, 0.25) is 0 Å². The third-order valence-corrected chi connectivity index (χ3v) is 5.02. The lowest BCUT2D eigenvalue weighted by molar-refractivity contribution is -0.162. The molecule has 0 radical (unpaired) electrons. The molecule has 23 heavy (non-hydrogen) atoms. The first-order chi connectivity index (χ1) is 10.9. The van der Waals surface area contributed by atoms with Crippen molar-refractivity contribution in [2.24, 2.45) is 11.8 Å². The molecule has 2 amide bonds. The van der Waals surface area contributed by atoms with Crippen LogP contribution in [0.25, 0.3) is 0 Å². The number of nitrogens with one attached hydrogen (secondary N) is 1. The van der Waals surface area contributed by atoms with Crippen LogP contribution in [0.1, 0.15) is 66.2 Å². The van der Waals surface area contributed by atoms with Crippen LogP contribution in [-0.2, 0) is 14.3 Å². The zero-order chi connectivity index (χ0) is 17.0.